The fraction of sp³-hybridized carbons (Fsp3) is 0. The molecule has 5 nitrogen and oxygen atoms in total. The summed E-state index contributed by atoms with van der Waals surface area (Å²) in [6.45, 7) is 0. The van der Waals surface area contributed by atoms with Crippen LogP contribution in [0.25, 0.3) is 38.8 Å². The van der Waals surface area contributed by atoms with Gasteiger partial charge in [0.15, 0.2) is 0 Å². The molecule has 2 heterocycles. The van der Waals surface area contributed by atoms with Crippen LogP contribution in [0.5, 0.6) is 0 Å². The lowest BCUT2D eigenvalue weighted by Gasteiger charge is -2.08. The topological polar surface area (TPSA) is 63.6 Å². The zero-order chi connectivity index (χ0) is 18.9. The molecule has 0 spiro atoms. The number of anilines is 1. The Kier molecular flexibility index (Phi) is 4.07. The monoisotopic (exact) mass is 383 g/mol. The third-order valence-electron chi connectivity index (χ3n) is 4.55. The van der Waals surface area contributed by atoms with E-state index in [0.717, 1.165) is 38.3 Å². The lowest BCUT2D eigenvalue weighted by molar-refractivity contribution is 1.04. The number of halogens is 1. The van der Waals surface area contributed by atoms with Gasteiger partial charge in [-0.25, -0.2) is 4.98 Å². The van der Waals surface area contributed by atoms with Gasteiger partial charge in [0.2, 0.25) is 5.95 Å². The van der Waals surface area contributed by atoms with E-state index in [1.54, 1.807) is 12.4 Å². The molecular formula is C22H14ClN5. The van der Waals surface area contributed by atoms with Crippen molar-refractivity contribution in [3.05, 3.63) is 83.6 Å². The summed E-state index contributed by atoms with van der Waals surface area (Å²) in [6.07, 6.45) is 5.50. The smallest absolute Gasteiger partial charge is 0.247 e. The molecule has 0 saturated heterocycles. The molecule has 0 unspecified atom stereocenters. The van der Waals surface area contributed by atoms with Gasteiger partial charge in [-0.1, -0.05) is 48.0 Å². The van der Waals surface area contributed by atoms with E-state index in [1.807, 2.05) is 66.7 Å². The molecule has 0 radical (unpaired) electrons. The summed E-state index contributed by atoms with van der Waals surface area (Å²) in [4.78, 5) is 9.27. The molecule has 0 bridgehead atoms. The van der Waals surface area contributed by atoms with E-state index in [9.17, 15) is 0 Å². The molecule has 0 aliphatic rings. The molecule has 0 atom stereocenters. The van der Waals surface area contributed by atoms with Crippen molar-refractivity contribution in [2.75, 3.05) is 5.32 Å². The molecule has 6 heteroatoms. The second-order valence-corrected chi connectivity index (χ2v) is 6.74. The second-order valence-electron chi connectivity index (χ2n) is 6.31. The first-order chi connectivity index (χ1) is 13.8. The molecule has 2 aromatic heterocycles. The van der Waals surface area contributed by atoms with Crippen LogP contribution in [-0.2, 0) is 0 Å². The van der Waals surface area contributed by atoms with Gasteiger partial charge >= 0.3 is 0 Å². The summed E-state index contributed by atoms with van der Waals surface area (Å²) in [6, 6.07) is 19.5. The van der Waals surface area contributed by atoms with Crippen molar-refractivity contribution >= 4 is 56.3 Å². The Balaban J connectivity index is 1.60. The SMILES string of the molecule is Clc1ccc(/C=C/Nc2nnc3c4ccccc4c4ncccc4c3n2)cc1. The van der Waals surface area contributed by atoms with Crippen LogP contribution in [0.3, 0.4) is 0 Å². The van der Waals surface area contributed by atoms with E-state index in [4.69, 9.17) is 16.6 Å². The molecular weight excluding hydrogens is 370 g/mol. The van der Waals surface area contributed by atoms with Gasteiger partial charge in [-0.2, -0.15) is 0 Å². The number of benzene rings is 3. The number of hydrogen-bond acceptors (Lipinski definition) is 5. The summed E-state index contributed by atoms with van der Waals surface area (Å²) in [5.74, 6) is 0.429. The number of pyridine rings is 1. The van der Waals surface area contributed by atoms with Gasteiger partial charge in [-0.3, -0.25) is 4.98 Å². The Bertz CT molecular complexity index is 1310. The highest BCUT2D eigenvalue weighted by Crippen LogP contribution is 2.31. The Morgan fingerprint density at radius 3 is 2.32 bits per heavy atom. The molecule has 5 aromatic rings. The first-order valence-corrected chi connectivity index (χ1v) is 9.16. The van der Waals surface area contributed by atoms with Crippen LogP contribution in [-0.4, -0.2) is 20.2 Å². The van der Waals surface area contributed by atoms with Crippen molar-refractivity contribution in [3.63, 3.8) is 0 Å². The zero-order valence-corrected chi connectivity index (χ0v) is 15.4. The zero-order valence-electron chi connectivity index (χ0n) is 14.7. The molecule has 0 aliphatic carbocycles. The van der Waals surface area contributed by atoms with Gasteiger partial charge < -0.3 is 5.32 Å². The first-order valence-electron chi connectivity index (χ1n) is 8.78. The van der Waals surface area contributed by atoms with Crippen LogP contribution < -0.4 is 5.32 Å². The van der Waals surface area contributed by atoms with Crippen molar-refractivity contribution in [3.8, 4) is 0 Å². The average molecular weight is 384 g/mol. The van der Waals surface area contributed by atoms with Crippen LogP contribution in [0, 0.1) is 0 Å². The standard InChI is InChI=1S/C22H14ClN5/c23-15-9-7-14(8-10-15)11-13-25-22-26-20-18-6-3-12-24-19(18)16-4-1-2-5-17(16)21(20)27-28-22/h1-13H,(H,25,26,28)/b13-11+. The minimum atomic E-state index is 0.429. The van der Waals surface area contributed by atoms with E-state index < -0.39 is 0 Å². The van der Waals surface area contributed by atoms with Crippen LogP contribution in [0.15, 0.2) is 73.1 Å². The Labute approximate surface area is 165 Å². The molecule has 0 saturated carbocycles. The predicted octanol–water partition coefficient (Wildman–Crippen LogP) is 5.46. The molecule has 3 aromatic carbocycles. The minimum absolute atomic E-state index is 0.429. The summed E-state index contributed by atoms with van der Waals surface area (Å²) < 4.78 is 0. The lowest BCUT2D eigenvalue weighted by atomic mass is 10.0. The molecule has 5 rings (SSSR count). The van der Waals surface area contributed by atoms with Gasteiger partial charge in [0.05, 0.1) is 5.52 Å². The highest BCUT2D eigenvalue weighted by molar-refractivity contribution is 6.30. The van der Waals surface area contributed by atoms with E-state index in [0.29, 0.717) is 11.0 Å². The summed E-state index contributed by atoms with van der Waals surface area (Å²) in [5.41, 5.74) is 3.47. The maximum Gasteiger partial charge on any atom is 0.247 e. The fourth-order valence-electron chi connectivity index (χ4n) is 3.25. The Morgan fingerprint density at radius 2 is 1.50 bits per heavy atom. The number of fused-ring (bicyclic) bond motifs is 6. The van der Waals surface area contributed by atoms with E-state index in [-0.39, 0.29) is 0 Å². The predicted molar refractivity (Wildman–Crippen MR) is 114 cm³/mol. The molecule has 1 N–H and O–H groups in total. The van der Waals surface area contributed by atoms with Gasteiger partial charge in [0.1, 0.15) is 11.0 Å². The summed E-state index contributed by atoms with van der Waals surface area (Å²) >= 11 is 5.91. The van der Waals surface area contributed by atoms with Crippen LogP contribution in [0.2, 0.25) is 5.02 Å². The number of rotatable bonds is 3. The van der Waals surface area contributed by atoms with Crippen molar-refractivity contribution in [1.82, 2.24) is 20.2 Å². The normalized spacial score (nSPS) is 11.6. The first kappa shape index (κ1) is 16.6. The lowest BCUT2D eigenvalue weighted by Crippen LogP contribution is -2.00. The van der Waals surface area contributed by atoms with Gasteiger partial charge in [-0.05, 0) is 35.9 Å². The Morgan fingerprint density at radius 1 is 0.750 bits per heavy atom. The van der Waals surface area contributed by atoms with Gasteiger partial charge in [0, 0.05) is 33.6 Å². The highest BCUT2D eigenvalue weighted by Gasteiger charge is 2.12. The van der Waals surface area contributed by atoms with Gasteiger partial charge in [0.25, 0.3) is 0 Å². The average Bonchev–Trinajstić information content (AvgIpc) is 2.75. The summed E-state index contributed by atoms with van der Waals surface area (Å²) in [5, 5.41) is 15.5. The van der Waals surface area contributed by atoms with E-state index >= 15 is 0 Å². The fourth-order valence-corrected chi connectivity index (χ4v) is 3.38. The number of hydrogen-bond donors (Lipinski definition) is 1. The largest absolute Gasteiger partial charge is 0.329 e. The molecule has 0 fully saturated rings. The van der Waals surface area contributed by atoms with E-state index in [1.165, 1.54) is 0 Å². The van der Waals surface area contributed by atoms with Crippen molar-refractivity contribution in [1.29, 1.82) is 0 Å². The second kappa shape index (κ2) is 6.87. The molecule has 134 valence electrons. The number of nitrogens with one attached hydrogen (secondary N) is 1. The minimum Gasteiger partial charge on any atom is -0.329 e. The van der Waals surface area contributed by atoms with Gasteiger partial charge in [-0.15, -0.1) is 10.2 Å². The number of aromatic nitrogens is 4. The molecule has 0 aliphatic heterocycles. The highest BCUT2D eigenvalue weighted by atomic mass is 35.5. The van der Waals surface area contributed by atoms with E-state index in [2.05, 4.69) is 20.5 Å². The van der Waals surface area contributed by atoms with Crippen LogP contribution in [0.4, 0.5) is 5.95 Å². The third kappa shape index (κ3) is 2.92. The molecule has 28 heavy (non-hydrogen) atoms. The maximum absolute atomic E-state index is 5.91. The van der Waals surface area contributed by atoms with Crippen LogP contribution >= 0.6 is 11.6 Å². The van der Waals surface area contributed by atoms with Crippen molar-refractivity contribution < 1.29 is 0 Å². The maximum atomic E-state index is 5.91. The quantitative estimate of drug-likeness (QED) is 0.419. The number of nitrogens with zero attached hydrogens (tertiary/aromatic N) is 4. The van der Waals surface area contributed by atoms with Crippen LogP contribution in [0.1, 0.15) is 5.56 Å². The van der Waals surface area contributed by atoms with Crippen molar-refractivity contribution in [2.24, 2.45) is 0 Å². The van der Waals surface area contributed by atoms with Crippen molar-refractivity contribution in [2.45, 2.75) is 0 Å². The Hall–Kier alpha value is -3.57. The summed E-state index contributed by atoms with van der Waals surface area (Å²) in [7, 11) is 0. The third-order valence-corrected chi connectivity index (χ3v) is 4.80. The molecule has 0 amide bonds.